The van der Waals surface area contributed by atoms with Gasteiger partial charge in [-0.2, -0.15) is 0 Å². The second-order valence-electron chi connectivity index (χ2n) is 27.4. The van der Waals surface area contributed by atoms with E-state index in [1.807, 2.05) is 0 Å². The van der Waals surface area contributed by atoms with Crippen LogP contribution in [0.25, 0.3) is 21.0 Å². The van der Waals surface area contributed by atoms with Crippen molar-refractivity contribution in [1.29, 1.82) is 5.41 Å². The number of nitrogens with two attached hydrogens (primary N) is 3. The highest BCUT2D eigenvalue weighted by molar-refractivity contribution is 8.76. The van der Waals surface area contributed by atoms with Gasteiger partial charge < -0.3 is 112 Å². The number of para-hydroxylation sites is 1. The number of rotatable bonds is 25. The van der Waals surface area contributed by atoms with E-state index in [1.165, 1.54) is 43.9 Å². The van der Waals surface area contributed by atoms with Gasteiger partial charge in [-0.25, -0.2) is 4.98 Å². The van der Waals surface area contributed by atoms with E-state index < -0.39 is 228 Å². The number of aromatic nitrogens is 3. The molecule has 14 atom stereocenters. The fourth-order valence-corrected chi connectivity index (χ4v) is 15.0. The van der Waals surface area contributed by atoms with Gasteiger partial charge in [0.05, 0.1) is 31.1 Å². The highest BCUT2D eigenvalue weighted by atomic mass is 33.1. The second kappa shape index (κ2) is 44.0. The van der Waals surface area contributed by atoms with Crippen LogP contribution >= 0.6 is 32.9 Å². The topological polar surface area (TPSA) is 628 Å². The van der Waals surface area contributed by atoms with Crippen molar-refractivity contribution in [2.75, 3.05) is 24.6 Å². The number of imidazole rings is 1. The molecule has 39 nitrogen and oxygen atoms in total. The summed E-state index contributed by atoms with van der Waals surface area (Å²) in [5.41, 5.74) is 18.4. The molecule has 15 amide bonds. The highest BCUT2D eigenvalue weighted by Gasteiger charge is 2.39. The molecule has 0 radical (unpaired) electrons. The Balaban J connectivity index is 1.47. The van der Waals surface area contributed by atoms with Crippen LogP contribution in [0.1, 0.15) is 104 Å². The molecule has 42 heteroatoms. The van der Waals surface area contributed by atoms with Gasteiger partial charge in [-0.1, -0.05) is 92.1 Å². The van der Waals surface area contributed by atoms with Gasteiger partial charge >= 0.3 is 5.97 Å². The third-order valence-electron chi connectivity index (χ3n) is 18.1. The molecule has 3 aromatic heterocycles. The van der Waals surface area contributed by atoms with Gasteiger partial charge in [0.2, 0.25) is 88.6 Å². The molecule has 1 aliphatic heterocycles. The first-order valence-electron chi connectivity index (χ1n) is 36.2. The van der Waals surface area contributed by atoms with Gasteiger partial charge in [0, 0.05) is 78.7 Å². The van der Waals surface area contributed by atoms with E-state index in [0.717, 1.165) is 33.2 Å². The minimum Gasteiger partial charge on any atom is -0.481 e. The first-order valence-corrected chi connectivity index (χ1v) is 39.6. The molecule has 25 N–H and O–H groups in total. The number of carbonyl (C=O) groups is 16. The Morgan fingerprint density at radius 3 is 1.86 bits per heavy atom. The fraction of sp³-hybridized carbons (Fsp3) is 0.493. The third kappa shape index (κ3) is 28.4. The Bertz CT molecular complexity index is 4250. The van der Waals surface area contributed by atoms with Gasteiger partial charge in [0.15, 0.2) is 5.96 Å². The summed E-state index contributed by atoms with van der Waals surface area (Å²) < 4.78 is 0.765. The van der Waals surface area contributed by atoms with Crippen molar-refractivity contribution in [3.8, 4) is 0 Å². The Kier molecular flexibility index (Phi) is 35.2. The predicted octanol–water partition coefficient (Wildman–Crippen LogP) is -3.93. The number of H-pyrrole nitrogens is 2. The maximum absolute atomic E-state index is 15.1. The lowest BCUT2D eigenvalue weighted by atomic mass is 9.97. The summed E-state index contributed by atoms with van der Waals surface area (Å²) in [4.78, 5) is 235. The minimum absolute atomic E-state index is 0.00232. The smallest absolute Gasteiger partial charge is 0.305 e. The molecule has 5 aromatic rings. The number of guanidine groups is 1. The summed E-state index contributed by atoms with van der Waals surface area (Å²) in [5.74, 6) is -19.8. The second-order valence-corrected chi connectivity index (χ2v) is 30.8. The molecule has 4 heterocycles. The van der Waals surface area contributed by atoms with Crippen LogP contribution in [0, 0.1) is 17.2 Å². The predicted molar refractivity (Wildman–Crippen MR) is 417 cm³/mol. The number of benzene rings is 2. The maximum atomic E-state index is 15.1. The summed E-state index contributed by atoms with van der Waals surface area (Å²) in [6.07, 6.45) is -0.636. The van der Waals surface area contributed by atoms with Crippen molar-refractivity contribution in [3.05, 3.63) is 89.5 Å². The highest BCUT2D eigenvalue weighted by Crippen LogP contribution is 2.28. The van der Waals surface area contributed by atoms with Crippen LogP contribution in [0.5, 0.6) is 0 Å². The molecule has 1 aliphatic rings. The Morgan fingerprint density at radius 1 is 0.646 bits per heavy atom. The maximum Gasteiger partial charge on any atom is 0.305 e. The normalized spacial score (nSPS) is 22.7. The Morgan fingerprint density at radius 2 is 1.23 bits per heavy atom. The average molecular weight is 1630 g/mol. The van der Waals surface area contributed by atoms with Crippen molar-refractivity contribution >= 4 is 154 Å². The van der Waals surface area contributed by atoms with Crippen molar-refractivity contribution in [2.24, 2.45) is 29.0 Å². The summed E-state index contributed by atoms with van der Waals surface area (Å²) in [6.45, 7) is 9.12. The quantitative estimate of drug-likeness (QED) is 0.0115. The van der Waals surface area contributed by atoms with Crippen molar-refractivity contribution in [3.63, 3.8) is 0 Å². The number of aliphatic carboxylic acids is 1. The SMILES string of the molecule is CC[C@H](C)[C@H](NC(C)=O)C(=O)N[C@H]1CSSC[C@@H](C(=O)N[C@H](C(N)=O)[C@@H](C)O)NC(=O)[C@H](CCCNC(=N)N)NC(=O)[C@H](Cc2c[nH]cn2)NC(=O)[C@H](C)NC(=O)CNC(=O)[C@H](Cc2c[nH]c3ccccc23)NC(=O)[C@H](CC(=O)O)NC(=O)[C@H](CCC(N)=O)NC(=O)[C@H](Cc2csc3ccccc23)NC(=O)[C@H](C(C)C)NC1=O. The molecule has 6 rings (SSSR count). The number of thiophene rings is 1. The van der Waals surface area contributed by atoms with Gasteiger partial charge in [-0.05, 0) is 79.0 Å². The van der Waals surface area contributed by atoms with Crippen molar-refractivity contribution in [2.45, 2.75) is 185 Å². The number of primary amides is 2. The van der Waals surface area contributed by atoms with E-state index in [9.17, 15) is 72.5 Å². The average Bonchev–Trinajstić information content (AvgIpc) is 1.73. The van der Waals surface area contributed by atoms with Gasteiger partial charge in [0.25, 0.3) is 0 Å². The zero-order valence-corrected chi connectivity index (χ0v) is 65.6. The molecule has 0 bridgehead atoms. The molecule has 1 fully saturated rings. The van der Waals surface area contributed by atoms with Gasteiger partial charge in [-0.3, -0.25) is 82.1 Å². The van der Waals surface area contributed by atoms with E-state index in [1.54, 1.807) is 81.6 Å². The molecule has 0 saturated carbocycles. The summed E-state index contributed by atoms with van der Waals surface area (Å²) in [6, 6.07) is -5.99. The fourth-order valence-electron chi connectivity index (χ4n) is 11.7. The standard InChI is InChI=1S/C71H99N21O18S3/c1-8-34(4)57(82-37(7)94)70(110)90-51-31-113-112-30-50(68(108)92-58(36(6)93)59(73)99)89-62(102)44(17-13-21-77-71(74)75)83-65(105)48(24-40-27-76-32-80-40)85-60(100)35(5)81-54(96)28-79-61(101)46(22-38-26-78-43-16-11-9-14-41(38)43)86-66(106)49(25-55(97)98)87-63(103)45(19-20-53(72)95)84-64(104)47(88-69(109)56(33(2)3)91-67(51)107)23-39-29-111-52-18-12-10-15-42(39)52/h9-12,14-16,18,26-27,29,32-36,44-51,56-58,78,93H,8,13,17,19-25,28,30-31H2,1-7H3,(H2,72,95)(H2,73,99)(H,76,80)(H,79,101)(H,81,96)(H,82,94)(H,83,105)(H,84,104)(H,85,100)(H,86,106)(H,87,103)(H,88,109)(H,89,102)(H,90,110)(H,91,107)(H,92,108)(H,97,98)(H4,74,75,77)/t34-,35-,36+,44-,45-,46-,47-,48-,49-,50-,51-,56-,57-,58-/m0/s1. The molecule has 0 spiro atoms. The zero-order valence-electron chi connectivity index (χ0n) is 63.1. The number of amides is 15. The first kappa shape index (κ1) is 90.5. The molecule has 0 unspecified atom stereocenters. The van der Waals surface area contributed by atoms with Crippen LogP contribution in [0.4, 0.5) is 0 Å². The number of aromatic amines is 2. The summed E-state index contributed by atoms with van der Waals surface area (Å²) in [7, 11) is 1.65. The molecule has 1 saturated heterocycles. The number of carboxylic acids is 1. The van der Waals surface area contributed by atoms with Gasteiger partial charge in [0.1, 0.15) is 72.5 Å². The minimum atomic E-state index is -2.05. The summed E-state index contributed by atoms with van der Waals surface area (Å²) in [5, 5.41) is 66.8. The van der Waals surface area contributed by atoms with Gasteiger partial charge in [-0.15, -0.1) is 11.3 Å². The van der Waals surface area contributed by atoms with Crippen LogP contribution in [-0.4, -0.2) is 229 Å². The number of nitrogens with zero attached hydrogens (tertiary/aromatic N) is 1. The number of carboxylic acid groups (broad SMARTS) is 1. The van der Waals surface area contributed by atoms with Crippen molar-refractivity contribution in [1.82, 2.24) is 89.4 Å². The van der Waals surface area contributed by atoms with Crippen LogP contribution in [0.3, 0.4) is 0 Å². The third-order valence-corrected chi connectivity index (χ3v) is 21.5. The van der Waals surface area contributed by atoms with E-state index in [2.05, 4.69) is 89.4 Å². The van der Waals surface area contributed by atoms with E-state index in [0.29, 0.717) is 33.8 Å². The van der Waals surface area contributed by atoms with Crippen LogP contribution in [-0.2, 0) is 96.0 Å². The Labute approximate surface area is 660 Å². The molecular weight excluding hydrogens is 1530 g/mol. The molecule has 113 heavy (non-hydrogen) atoms. The summed E-state index contributed by atoms with van der Waals surface area (Å²) >= 11 is 1.29. The van der Waals surface area contributed by atoms with Crippen LogP contribution in [0.2, 0.25) is 0 Å². The lowest BCUT2D eigenvalue weighted by Crippen LogP contribution is -2.61. The molecule has 0 aliphatic carbocycles. The number of nitrogens with one attached hydrogen (secondary N) is 17. The molecular formula is C71H99N21O18S3. The molecule has 614 valence electrons. The lowest BCUT2D eigenvalue weighted by molar-refractivity contribution is -0.141. The lowest BCUT2D eigenvalue weighted by Gasteiger charge is -2.29. The first-order chi connectivity index (χ1) is 53.5. The monoisotopic (exact) mass is 1630 g/mol. The number of aliphatic hydroxyl groups is 1. The zero-order chi connectivity index (χ0) is 83.3. The van der Waals surface area contributed by atoms with Crippen molar-refractivity contribution < 1.29 is 86.9 Å². The number of hydrogen-bond acceptors (Lipinski definition) is 22. The van der Waals surface area contributed by atoms with E-state index >= 15 is 14.4 Å². The number of aliphatic hydroxyl groups excluding tert-OH is 1. The number of fused-ring (bicyclic) bond motifs is 2. The van der Waals surface area contributed by atoms with Crippen LogP contribution in [0.15, 0.2) is 72.6 Å². The van der Waals surface area contributed by atoms with Crippen LogP contribution < -0.4 is 91.6 Å². The van der Waals surface area contributed by atoms with E-state index in [4.69, 9.17) is 22.6 Å². The molecule has 2 aromatic carbocycles. The largest absolute Gasteiger partial charge is 0.481 e. The van der Waals surface area contributed by atoms with E-state index in [-0.39, 0.29) is 44.3 Å². The number of hydrogen-bond donors (Lipinski definition) is 22. The number of carbonyl (C=O) groups excluding carboxylic acids is 15. The Hall–Kier alpha value is -11.4.